The van der Waals surface area contributed by atoms with Gasteiger partial charge in [0.05, 0.1) is 24.9 Å². The molecule has 3 saturated heterocycles. The molecule has 0 bridgehead atoms. The molecule has 0 aliphatic carbocycles. The second-order valence-electron chi connectivity index (χ2n) is 19.5. The molecule has 338 valence electrons. The summed E-state index contributed by atoms with van der Waals surface area (Å²) < 4.78 is 51.1. The summed E-state index contributed by atoms with van der Waals surface area (Å²) in [7, 11) is -6.07. The topological polar surface area (TPSA) is 64.6 Å². The first-order valence-corrected chi connectivity index (χ1v) is 32.0. The van der Waals surface area contributed by atoms with E-state index in [0.717, 1.165) is 78.8 Å². The average Bonchev–Trinajstić information content (AvgIpc) is 3.62. The van der Waals surface area contributed by atoms with Crippen molar-refractivity contribution in [3.05, 3.63) is 108 Å². The van der Waals surface area contributed by atoms with E-state index in [4.69, 9.17) is 32.2 Å². The molecule has 7 nitrogen and oxygen atoms in total. The SMILES string of the molecule is CC[Si](CC)(CC)O[C@@H]1[C@@H]2O[C@H](CCOC(c3ccccc3)(c3ccccc3)c3ccccc3)[C@H](O[Si](CC)(CC)CC)[C@@H]2O[C@H]2CC[C@H](CCO[Si](C)(C)C(C)(C)C)O[C@H]12. The van der Waals surface area contributed by atoms with Crippen molar-refractivity contribution in [3.8, 4) is 0 Å². The van der Waals surface area contributed by atoms with Crippen molar-refractivity contribution in [2.24, 2.45) is 0 Å². The molecule has 0 aromatic heterocycles. The summed E-state index contributed by atoms with van der Waals surface area (Å²) in [5.74, 6) is 0. The zero-order valence-corrected chi connectivity index (χ0v) is 42.6. The number of fused-ring (bicyclic) bond motifs is 2. The Bertz CT molecular complexity index is 1630. The van der Waals surface area contributed by atoms with Crippen LogP contribution in [0.15, 0.2) is 91.0 Å². The molecule has 10 heteroatoms. The molecule has 3 aromatic rings. The molecule has 0 amide bonds. The van der Waals surface area contributed by atoms with Gasteiger partial charge in [-0.2, -0.15) is 0 Å². The molecule has 0 N–H and O–H groups in total. The molecule has 61 heavy (non-hydrogen) atoms. The Morgan fingerprint density at radius 2 is 1.00 bits per heavy atom. The zero-order valence-electron chi connectivity index (χ0n) is 39.6. The van der Waals surface area contributed by atoms with Gasteiger partial charge in [0.15, 0.2) is 25.0 Å². The van der Waals surface area contributed by atoms with Crippen LogP contribution in [0.25, 0.3) is 0 Å². The number of hydrogen-bond acceptors (Lipinski definition) is 7. The quantitative estimate of drug-likeness (QED) is 0.0780. The fourth-order valence-corrected chi connectivity index (χ4v) is 16.7. The average molecular weight is 889 g/mol. The van der Waals surface area contributed by atoms with Crippen LogP contribution in [0.5, 0.6) is 0 Å². The summed E-state index contributed by atoms with van der Waals surface area (Å²) in [6.07, 6.45) is 2.03. The minimum absolute atomic E-state index is 0.0754. The summed E-state index contributed by atoms with van der Waals surface area (Å²) in [6.45, 7) is 26.7. The van der Waals surface area contributed by atoms with Gasteiger partial charge in [-0.25, -0.2) is 0 Å². The summed E-state index contributed by atoms with van der Waals surface area (Å²) in [5, 5.41) is 0.172. The molecule has 0 saturated carbocycles. The van der Waals surface area contributed by atoms with Crippen LogP contribution in [0, 0.1) is 0 Å². The molecule has 0 spiro atoms. The van der Waals surface area contributed by atoms with E-state index in [-0.39, 0.29) is 53.9 Å². The first-order valence-electron chi connectivity index (χ1n) is 24.0. The maximum atomic E-state index is 7.61. The van der Waals surface area contributed by atoms with Crippen LogP contribution in [0.1, 0.15) is 105 Å². The van der Waals surface area contributed by atoms with Gasteiger partial charge in [0.1, 0.15) is 36.1 Å². The Morgan fingerprint density at radius 1 is 0.541 bits per heavy atom. The van der Waals surface area contributed by atoms with Crippen molar-refractivity contribution >= 4 is 25.0 Å². The largest absolute Gasteiger partial charge is 0.417 e. The lowest BCUT2D eigenvalue weighted by Gasteiger charge is -2.51. The van der Waals surface area contributed by atoms with Crippen molar-refractivity contribution in [2.75, 3.05) is 13.2 Å². The second-order valence-corrected chi connectivity index (χ2v) is 33.8. The van der Waals surface area contributed by atoms with Gasteiger partial charge in [-0.1, -0.05) is 153 Å². The standard InChI is InChI=1S/C51H80O7Si3/c1-12-60(13-2,14-3)57-46-44(36-37-52-51(39-27-21-18-22-28-39,40-29-23-19-24-30-40)41-31-25-20-26-32-41)56-48-47(46)55-43-34-33-42(35-38-53-59(10,11)50(7,8)9)54-45(43)49(48)58-61(15-4,16-5)17-6/h18-32,42-49H,12-17,33-38H2,1-11H3/t42-,43+,44-,45+,46+,47+,48-,49+/m1/s1. The van der Waals surface area contributed by atoms with Crippen LogP contribution in [-0.2, 0) is 37.8 Å². The van der Waals surface area contributed by atoms with E-state index in [1.165, 1.54) is 0 Å². The van der Waals surface area contributed by atoms with Gasteiger partial charge >= 0.3 is 0 Å². The van der Waals surface area contributed by atoms with E-state index in [2.05, 4.69) is 166 Å². The molecule has 3 aromatic carbocycles. The lowest BCUT2D eigenvalue weighted by Crippen LogP contribution is -2.65. The van der Waals surface area contributed by atoms with E-state index >= 15 is 0 Å². The third kappa shape index (κ3) is 10.5. The molecule has 0 unspecified atom stereocenters. The smallest absolute Gasteiger partial charge is 0.192 e. The monoisotopic (exact) mass is 889 g/mol. The van der Waals surface area contributed by atoms with Crippen molar-refractivity contribution < 1.29 is 32.2 Å². The number of rotatable bonds is 21. The lowest BCUT2D eigenvalue weighted by molar-refractivity contribution is -0.256. The number of benzene rings is 3. The first kappa shape index (κ1) is 48.5. The third-order valence-corrected chi connectivity index (χ3v) is 29.2. The first-order chi connectivity index (χ1) is 29.2. The highest BCUT2D eigenvalue weighted by atomic mass is 28.4. The molecule has 6 rings (SSSR count). The van der Waals surface area contributed by atoms with E-state index in [1.54, 1.807) is 0 Å². The highest BCUT2D eigenvalue weighted by Gasteiger charge is 2.60. The Kier molecular flexibility index (Phi) is 16.6. The van der Waals surface area contributed by atoms with E-state index in [1.807, 2.05) is 0 Å². The normalized spacial score (nSPS) is 26.2. The van der Waals surface area contributed by atoms with Crippen LogP contribution in [0.4, 0.5) is 0 Å². The molecule has 3 aliphatic heterocycles. The molecule has 8 atom stereocenters. The van der Waals surface area contributed by atoms with Crippen LogP contribution in [0.3, 0.4) is 0 Å². The van der Waals surface area contributed by atoms with Crippen molar-refractivity contribution in [2.45, 2.75) is 197 Å². The highest BCUT2D eigenvalue weighted by molar-refractivity contribution is 6.74. The zero-order chi connectivity index (χ0) is 43.9. The van der Waals surface area contributed by atoms with Crippen molar-refractivity contribution in [1.29, 1.82) is 0 Å². The van der Waals surface area contributed by atoms with Gasteiger partial charge < -0.3 is 32.2 Å². The highest BCUT2D eigenvalue weighted by Crippen LogP contribution is 2.47. The van der Waals surface area contributed by atoms with Crippen molar-refractivity contribution in [3.63, 3.8) is 0 Å². The Labute approximate surface area is 373 Å². The molecule has 3 fully saturated rings. The Hall–Kier alpha value is -1.97. The van der Waals surface area contributed by atoms with Crippen LogP contribution >= 0.6 is 0 Å². The summed E-state index contributed by atoms with van der Waals surface area (Å²) in [6, 6.07) is 38.3. The van der Waals surface area contributed by atoms with E-state index in [9.17, 15) is 0 Å². The molecule has 3 aliphatic rings. The third-order valence-electron chi connectivity index (χ3n) is 15.4. The van der Waals surface area contributed by atoms with E-state index < -0.39 is 30.6 Å². The molecule has 0 radical (unpaired) electrons. The van der Waals surface area contributed by atoms with Gasteiger partial charge in [-0.3, -0.25) is 0 Å². The van der Waals surface area contributed by atoms with Gasteiger partial charge in [-0.15, -0.1) is 0 Å². The van der Waals surface area contributed by atoms with Crippen molar-refractivity contribution in [1.82, 2.24) is 0 Å². The summed E-state index contributed by atoms with van der Waals surface area (Å²) in [5.41, 5.74) is 2.47. The predicted octanol–water partition coefficient (Wildman–Crippen LogP) is 12.7. The maximum Gasteiger partial charge on any atom is 0.192 e. The fraction of sp³-hybridized carbons (Fsp3) is 0.647. The molecule has 3 heterocycles. The summed E-state index contributed by atoms with van der Waals surface area (Å²) in [4.78, 5) is 0. The van der Waals surface area contributed by atoms with E-state index in [0.29, 0.717) is 13.0 Å². The number of hydrogen-bond donors (Lipinski definition) is 0. The minimum Gasteiger partial charge on any atom is -0.417 e. The lowest BCUT2D eigenvalue weighted by atomic mass is 9.80. The Balaban J connectivity index is 1.33. The van der Waals surface area contributed by atoms with Gasteiger partial charge in [0, 0.05) is 6.61 Å². The minimum atomic E-state index is -2.10. The number of ether oxygens (including phenoxy) is 4. The van der Waals surface area contributed by atoms with Gasteiger partial charge in [0.2, 0.25) is 0 Å². The van der Waals surface area contributed by atoms with Crippen LogP contribution in [-0.4, -0.2) is 87.0 Å². The fourth-order valence-electron chi connectivity index (χ4n) is 9.95. The maximum absolute atomic E-state index is 7.61. The van der Waals surface area contributed by atoms with Gasteiger partial charge in [0.25, 0.3) is 0 Å². The van der Waals surface area contributed by atoms with Crippen LogP contribution in [0.2, 0.25) is 54.4 Å². The Morgan fingerprint density at radius 3 is 1.46 bits per heavy atom. The second kappa shape index (κ2) is 20.9. The van der Waals surface area contributed by atoms with Crippen LogP contribution < -0.4 is 0 Å². The predicted molar refractivity (Wildman–Crippen MR) is 257 cm³/mol. The van der Waals surface area contributed by atoms with Gasteiger partial charge in [-0.05, 0) is 96.8 Å². The molecular formula is C51H80O7Si3. The molecular weight excluding hydrogens is 809 g/mol. The summed E-state index contributed by atoms with van der Waals surface area (Å²) >= 11 is 0.